The van der Waals surface area contributed by atoms with E-state index in [-0.39, 0.29) is 11.9 Å². The van der Waals surface area contributed by atoms with E-state index in [1.807, 2.05) is 0 Å². The minimum absolute atomic E-state index is 0.218. The normalized spacial score (nSPS) is 31.1. The lowest BCUT2D eigenvalue weighted by molar-refractivity contribution is -0.123. The van der Waals surface area contributed by atoms with Crippen molar-refractivity contribution in [3.63, 3.8) is 0 Å². The van der Waals surface area contributed by atoms with Gasteiger partial charge in [0.15, 0.2) is 0 Å². The Labute approximate surface area is 126 Å². The molecule has 3 heteroatoms. The van der Waals surface area contributed by atoms with Gasteiger partial charge in [-0.25, -0.2) is 0 Å². The molecule has 1 heterocycles. The Hall–Kier alpha value is -1.35. The second-order valence-electron chi connectivity index (χ2n) is 6.96. The van der Waals surface area contributed by atoms with Crippen LogP contribution in [0.2, 0.25) is 0 Å². The number of hydrogen-bond donors (Lipinski definition) is 2. The van der Waals surface area contributed by atoms with E-state index in [2.05, 4.69) is 34.9 Å². The van der Waals surface area contributed by atoms with Crippen LogP contribution in [0.25, 0.3) is 0 Å². The molecule has 3 nitrogen and oxygen atoms in total. The number of fused-ring (bicyclic) bond motifs is 3. The van der Waals surface area contributed by atoms with Crippen LogP contribution in [-0.2, 0) is 4.79 Å². The molecule has 0 aromatic heterocycles. The van der Waals surface area contributed by atoms with Gasteiger partial charge in [-0.1, -0.05) is 37.1 Å². The van der Waals surface area contributed by atoms with Gasteiger partial charge in [-0.2, -0.15) is 0 Å². The lowest BCUT2D eigenvalue weighted by Gasteiger charge is -2.21. The van der Waals surface area contributed by atoms with Crippen LogP contribution >= 0.6 is 0 Å². The Kier molecular flexibility index (Phi) is 3.46. The second-order valence-corrected chi connectivity index (χ2v) is 6.96. The van der Waals surface area contributed by atoms with Gasteiger partial charge < -0.3 is 10.6 Å². The summed E-state index contributed by atoms with van der Waals surface area (Å²) in [5, 5.41) is 6.84. The number of amides is 1. The van der Waals surface area contributed by atoms with Crippen LogP contribution in [0.4, 0.5) is 0 Å². The molecular formula is C18H24N2O. The molecule has 1 amide bonds. The van der Waals surface area contributed by atoms with Crippen molar-refractivity contribution in [2.45, 2.75) is 44.1 Å². The molecule has 2 aliphatic carbocycles. The maximum atomic E-state index is 12.4. The molecule has 112 valence electrons. The molecule has 1 aliphatic heterocycles. The van der Waals surface area contributed by atoms with Crippen LogP contribution in [-0.4, -0.2) is 19.0 Å². The quantitative estimate of drug-likeness (QED) is 0.896. The Morgan fingerprint density at radius 2 is 1.90 bits per heavy atom. The maximum absolute atomic E-state index is 12.4. The summed E-state index contributed by atoms with van der Waals surface area (Å²) in [4.78, 5) is 12.4. The van der Waals surface area contributed by atoms with Crippen molar-refractivity contribution in [1.29, 1.82) is 0 Å². The van der Waals surface area contributed by atoms with Crippen LogP contribution in [0.5, 0.6) is 0 Å². The van der Waals surface area contributed by atoms with Crippen LogP contribution in [0.15, 0.2) is 24.3 Å². The summed E-state index contributed by atoms with van der Waals surface area (Å²) in [5.41, 5.74) is 2.80. The van der Waals surface area contributed by atoms with Crippen molar-refractivity contribution in [2.24, 2.45) is 11.8 Å². The predicted molar refractivity (Wildman–Crippen MR) is 83.0 cm³/mol. The van der Waals surface area contributed by atoms with Crippen molar-refractivity contribution >= 4 is 5.91 Å². The lowest BCUT2D eigenvalue weighted by Crippen LogP contribution is -2.33. The maximum Gasteiger partial charge on any atom is 0.220 e. The van der Waals surface area contributed by atoms with Gasteiger partial charge >= 0.3 is 0 Å². The Morgan fingerprint density at radius 3 is 2.71 bits per heavy atom. The number of nitrogens with one attached hydrogen (secondary N) is 2. The lowest BCUT2D eigenvalue weighted by atomic mass is 9.94. The average molecular weight is 284 g/mol. The summed E-state index contributed by atoms with van der Waals surface area (Å²) in [7, 11) is 0. The van der Waals surface area contributed by atoms with Gasteiger partial charge in [0.05, 0.1) is 6.04 Å². The van der Waals surface area contributed by atoms with Crippen molar-refractivity contribution in [3.05, 3.63) is 35.4 Å². The minimum Gasteiger partial charge on any atom is -0.349 e. The summed E-state index contributed by atoms with van der Waals surface area (Å²) in [6.07, 6.45) is 5.81. The van der Waals surface area contributed by atoms with E-state index in [9.17, 15) is 4.79 Å². The highest BCUT2D eigenvalue weighted by atomic mass is 16.1. The van der Waals surface area contributed by atoms with Crippen molar-refractivity contribution in [1.82, 2.24) is 10.6 Å². The van der Waals surface area contributed by atoms with Gasteiger partial charge in [-0.15, -0.1) is 0 Å². The number of hydrogen-bond acceptors (Lipinski definition) is 2. The summed E-state index contributed by atoms with van der Waals surface area (Å²) >= 11 is 0. The van der Waals surface area contributed by atoms with Crippen molar-refractivity contribution in [3.8, 4) is 0 Å². The van der Waals surface area contributed by atoms with Gasteiger partial charge in [0.1, 0.15) is 0 Å². The average Bonchev–Trinajstić information content (AvgIpc) is 3.19. The zero-order chi connectivity index (χ0) is 14.2. The number of carbonyl (C=O) groups excluding carboxylic acids is 1. The topological polar surface area (TPSA) is 41.1 Å². The Morgan fingerprint density at radius 1 is 1.14 bits per heavy atom. The van der Waals surface area contributed by atoms with E-state index in [0.717, 1.165) is 19.5 Å². The van der Waals surface area contributed by atoms with Gasteiger partial charge in [0, 0.05) is 31.3 Å². The number of carbonyl (C=O) groups is 1. The molecule has 4 rings (SSSR count). The van der Waals surface area contributed by atoms with Crippen LogP contribution in [0.3, 0.4) is 0 Å². The van der Waals surface area contributed by atoms with Gasteiger partial charge in [0.2, 0.25) is 5.91 Å². The third kappa shape index (κ3) is 2.38. The second kappa shape index (κ2) is 5.45. The molecule has 0 unspecified atom stereocenters. The highest BCUT2D eigenvalue weighted by Crippen LogP contribution is 2.46. The number of benzene rings is 1. The molecule has 2 fully saturated rings. The molecule has 2 N–H and O–H groups in total. The van der Waals surface area contributed by atoms with E-state index >= 15 is 0 Å². The standard InChI is InChI=1S/C18H24N2O/c21-17(9-12-5-1-2-6-12)20-18-14-8-4-3-7-13(14)15-10-19-11-16(15)18/h3-4,7-8,12,15-16,18-19H,1-2,5-6,9-11H2,(H,20,21)/t15-,16-,18-/m0/s1. The SMILES string of the molecule is O=C(CC1CCCC1)N[C@H]1c2ccccc2[C@@H]2CNC[C@@H]21. The molecule has 0 radical (unpaired) electrons. The molecule has 3 aliphatic rings. The molecule has 0 bridgehead atoms. The van der Waals surface area contributed by atoms with E-state index in [1.54, 1.807) is 0 Å². The summed E-state index contributed by atoms with van der Waals surface area (Å²) < 4.78 is 0. The van der Waals surface area contributed by atoms with Crippen LogP contribution in [0.1, 0.15) is 55.2 Å². The first-order valence-electron chi connectivity index (χ1n) is 8.42. The zero-order valence-electron chi connectivity index (χ0n) is 12.5. The fourth-order valence-electron chi connectivity index (χ4n) is 4.65. The van der Waals surface area contributed by atoms with Crippen LogP contribution in [0, 0.1) is 11.8 Å². The van der Waals surface area contributed by atoms with Crippen molar-refractivity contribution < 1.29 is 4.79 Å². The summed E-state index contributed by atoms with van der Waals surface area (Å²) in [5.74, 6) is 2.00. The van der Waals surface area contributed by atoms with Crippen LogP contribution < -0.4 is 10.6 Å². The zero-order valence-corrected chi connectivity index (χ0v) is 12.5. The third-order valence-corrected chi connectivity index (χ3v) is 5.69. The number of rotatable bonds is 3. The third-order valence-electron chi connectivity index (χ3n) is 5.69. The molecule has 1 saturated carbocycles. The summed E-state index contributed by atoms with van der Waals surface area (Å²) in [6, 6.07) is 8.88. The van der Waals surface area contributed by atoms with E-state index in [4.69, 9.17) is 0 Å². The van der Waals surface area contributed by atoms with Gasteiger partial charge in [0.25, 0.3) is 0 Å². The van der Waals surface area contributed by atoms with E-state index < -0.39 is 0 Å². The fraction of sp³-hybridized carbons (Fsp3) is 0.611. The van der Waals surface area contributed by atoms with E-state index in [1.165, 1.54) is 36.8 Å². The predicted octanol–water partition coefficient (Wildman–Crippen LogP) is 2.74. The first-order chi connectivity index (χ1) is 10.3. The molecule has 1 aromatic rings. The van der Waals surface area contributed by atoms with Crippen molar-refractivity contribution in [2.75, 3.05) is 13.1 Å². The Balaban J connectivity index is 1.50. The van der Waals surface area contributed by atoms with E-state index in [0.29, 0.717) is 17.8 Å². The minimum atomic E-state index is 0.218. The van der Waals surface area contributed by atoms with Gasteiger partial charge in [-0.05, 0) is 29.9 Å². The largest absolute Gasteiger partial charge is 0.349 e. The molecule has 1 aromatic carbocycles. The molecule has 3 atom stereocenters. The molecule has 1 saturated heterocycles. The first kappa shape index (κ1) is 13.3. The highest BCUT2D eigenvalue weighted by Gasteiger charge is 2.43. The summed E-state index contributed by atoms with van der Waals surface area (Å²) in [6.45, 7) is 2.07. The Bertz CT molecular complexity index is 536. The first-order valence-corrected chi connectivity index (χ1v) is 8.42. The monoisotopic (exact) mass is 284 g/mol. The smallest absolute Gasteiger partial charge is 0.220 e. The molecule has 0 spiro atoms. The molecule has 21 heavy (non-hydrogen) atoms. The molecular weight excluding hydrogens is 260 g/mol. The van der Waals surface area contributed by atoms with Gasteiger partial charge in [-0.3, -0.25) is 4.79 Å². The fourth-order valence-corrected chi connectivity index (χ4v) is 4.65. The highest BCUT2D eigenvalue weighted by molar-refractivity contribution is 5.77.